The van der Waals surface area contributed by atoms with E-state index in [4.69, 9.17) is 4.42 Å². The van der Waals surface area contributed by atoms with Crippen molar-refractivity contribution in [1.29, 1.82) is 0 Å². The topological polar surface area (TPSA) is 16.4 Å². The van der Waals surface area contributed by atoms with Crippen LogP contribution >= 0.6 is 0 Å². The van der Waals surface area contributed by atoms with E-state index in [1.54, 1.807) is 0 Å². The summed E-state index contributed by atoms with van der Waals surface area (Å²) in [6.45, 7) is 4.70. The average Bonchev–Trinajstić information content (AvgIpc) is 3.69. The predicted molar refractivity (Wildman–Crippen MR) is 214 cm³/mol. The fraction of sp³-hybridized carbons (Fsp3) is 0.0612. The fourth-order valence-electron chi connectivity index (χ4n) is 8.31. The highest BCUT2D eigenvalue weighted by molar-refractivity contribution is 6.22. The number of nitrogens with zero attached hydrogens (tertiary/aromatic N) is 1. The van der Waals surface area contributed by atoms with E-state index in [0.29, 0.717) is 0 Å². The Balaban J connectivity index is 1.26. The molecule has 242 valence electrons. The van der Waals surface area contributed by atoms with E-state index in [9.17, 15) is 0 Å². The monoisotopic (exact) mass is 653 g/mol. The molecule has 10 rings (SSSR count). The molecule has 2 heteroatoms. The van der Waals surface area contributed by atoms with Crippen LogP contribution in [0.5, 0.6) is 0 Å². The molecule has 0 unspecified atom stereocenters. The third kappa shape index (κ3) is 4.57. The Morgan fingerprint density at radius 2 is 1.06 bits per heavy atom. The van der Waals surface area contributed by atoms with Gasteiger partial charge >= 0.3 is 0 Å². The Labute approximate surface area is 297 Å². The van der Waals surface area contributed by atoms with Crippen molar-refractivity contribution in [2.24, 2.45) is 0 Å². The SMILES string of the molecule is CC1(C)c2ccccc2-c2ccc(N(c3ccc(-c4ccccc4)cc3)c3ccc(-c4ccccc4)c4oc5c6ccccc6ccc5c34)cc21. The summed E-state index contributed by atoms with van der Waals surface area (Å²) in [6, 6.07) is 63.5. The fourth-order valence-corrected chi connectivity index (χ4v) is 8.31. The summed E-state index contributed by atoms with van der Waals surface area (Å²) in [5, 5.41) is 4.50. The van der Waals surface area contributed by atoms with Crippen LogP contribution < -0.4 is 4.90 Å². The normalized spacial score (nSPS) is 13.1. The van der Waals surface area contributed by atoms with Gasteiger partial charge in [0.1, 0.15) is 11.2 Å². The number of benzene rings is 8. The first kappa shape index (κ1) is 29.5. The van der Waals surface area contributed by atoms with E-state index in [0.717, 1.165) is 55.5 Å². The second kappa shape index (κ2) is 11.3. The lowest BCUT2D eigenvalue weighted by Crippen LogP contribution is -2.16. The van der Waals surface area contributed by atoms with Gasteiger partial charge in [-0.3, -0.25) is 0 Å². The smallest absolute Gasteiger partial charge is 0.145 e. The van der Waals surface area contributed by atoms with Gasteiger partial charge in [-0.15, -0.1) is 0 Å². The summed E-state index contributed by atoms with van der Waals surface area (Å²) in [6.07, 6.45) is 0. The molecule has 2 nitrogen and oxygen atoms in total. The number of anilines is 3. The zero-order chi connectivity index (χ0) is 34.1. The molecule has 0 N–H and O–H groups in total. The molecule has 1 heterocycles. The zero-order valence-electron chi connectivity index (χ0n) is 28.6. The Morgan fingerprint density at radius 1 is 0.431 bits per heavy atom. The van der Waals surface area contributed by atoms with Crippen molar-refractivity contribution in [3.05, 3.63) is 187 Å². The van der Waals surface area contributed by atoms with Gasteiger partial charge in [0.15, 0.2) is 0 Å². The molecule has 1 aliphatic rings. The Kier molecular flexibility index (Phi) is 6.56. The number of furan rings is 1. The van der Waals surface area contributed by atoms with Crippen molar-refractivity contribution in [1.82, 2.24) is 0 Å². The van der Waals surface area contributed by atoms with Crippen LogP contribution in [-0.2, 0) is 5.41 Å². The van der Waals surface area contributed by atoms with Crippen LogP contribution in [0.15, 0.2) is 180 Å². The first-order chi connectivity index (χ1) is 25.1. The number of fused-ring (bicyclic) bond motifs is 8. The molecular weight excluding hydrogens is 619 g/mol. The first-order valence-electron chi connectivity index (χ1n) is 17.7. The van der Waals surface area contributed by atoms with Gasteiger partial charge in [-0.25, -0.2) is 0 Å². The minimum absolute atomic E-state index is 0.126. The van der Waals surface area contributed by atoms with Gasteiger partial charge in [0.05, 0.1) is 11.1 Å². The molecule has 0 saturated carbocycles. The van der Waals surface area contributed by atoms with Crippen LogP contribution in [0.1, 0.15) is 25.0 Å². The standard InChI is InChI=1S/C49H35NO/c1-49(2)43-20-12-11-19-40(43)41-28-26-37(31-44(41)49)50(36-24-21-33(22-25-36)32-13-5-3-6-14-32)45-30-29-39(34-15-7-4-8-16-34)48-46(45)42-27-23-35-17-9-10-18-38(35)47(42)51-48/h3-31H,1-2H3. The van der Waals surface area contributed by atoms with Crippen molar-refractivity contribution in [2.75, 3.05) is 4.90 Å². The summed E-state index contributed by atoms with van der Waals surface area (Å²) >= 11 is 0. The lowest BCUT2D eigenvalue weighted by molar-refractivity contribution is 0.660. The maximum absolute atomic E-state index is 7.01. The molecule has 1 aliphatic carbocycles. The quantitative estimate of drug-likeness (QED) is 0.184. The summed E-state index contributed by atoms with van der Waals surface area (Å²) in [4.78, 5) is 2.43. The van der Waals surface area contributed by atoms with E-state index in [-0.39, 0.29) is 5.41 Å². The van der Waals surface area contributed by atoms with Gasteiger partial charge in [-0.05, 0) is 86.8 Å². The Hall–Kier alpha value is -6.38. The van der Waals surface area contributed by atoms with Gasteiger partial charge in [-0.1, -0.05) is 147 Å². The molecule has 9 aromatic rings. The third-order valence-corrected chi connectivity index (χ3v) is 10.9. The minimum atomic E-state index is -0.126. The molecule has 0 saturated heterocycles. The lowest BCUT2D eigenvalue weighted by atomic mass is 9.82. The van der Waals surface area contributed by atoms with Gasteiger partial charge in [0.2, 0.25) is 0 Å². The van der Waals surface area contributed by atoms with Crippen LogP contribution in [-0.4, -0.2) is 0 Å². The van der Waals surface area contributed by atoms with E-state index >= 15 is 0 Å². The van der Waals surface area contributed by atoms with Gasteiger partial charge in [0.25, 0.3) is 0 Å². The van der Waals surface area contributed by atoms with Crippen molar-refractivity contribution in [2.45, 2.75) is 19.3 Å². The molecule has 0 amide bonds. The average molecular weight is 654 g/mol. The molecule has 8 aromatic carbocycles. The molecule has 0 atom stereocenters. The molecule has 0 fully saturated rings. The molecule has 0 aliphatic heterocycles. The van der Waals surface area contributed by atoms with Crippen LogP contribution in [0.2, 0.25) is 0 Å². The summed E-state index contributed by atoms with van der Waals surface area (Å²) in [7, 11) is 0. The molecule has 0 spiro atoms. The highest BCUT2D eigenvalue weighted by Crippen LogP contribution is 2.52. The van der Waals surface area contributed by atoms with Crippen molar-refractivity contribution < 1.29 is 4.42 Å². The first-order valence-corrected chi connectivity index (χ1v) is 17.7. The molecule has 0 bridgehead atoms. The lowest BCUT2D eigenvalue weighted by Gasteiger charge is -2.29. The number of hydrogen-bond acceptors (Lipinski definition) is 2. The number of rotatable bonds is 5. The summed E-state index contributed by atoms with van der Waals surface area (Å²) in [5.41, 5.74) is 14.9. The highest BCUT2D eigenvalue weighted by Gasteiger charge is 2.36. The second-order valence-corrected chi connectivity index (χ2v) is 14.1. The minimum Gasteiger partial charge on any atom is -0.455 e. The van der Waals surface area contributed by atoms with Crippen molar-refractivity contribution >= 4 is 49.8 Å². The van der Waals surface area contributed by atoms with E-state index in [2.05, 4.69) is 195 Å². The van der Waals surface area contributed by atoms with Crippen LogP contribution in [0.25, 0.3) is 66.1 Å². The van der Waals surface area contributed by atoms with Gasteiger partial charge in [0, 0.05) is 33.1 Å². The van der Waals surface area contributed by atoms with Gasteiger partial charge < -0.3 is 9.32 Å². The Morgan fingerprint density at radius 3 is 1.86 bits per heavy atom. The molecule has 1 aromatic heterocycles. The van der Waals surface area contributed by atoms with Crippen molar-refractivity contribution in [3.63, 3.8) is 0 Å². The van der Waals surface area contributed by atoms with E-state index in [1.807, 2.05) is 0 Å². The maximum Gasteiger partial charge on any atom is 0.145 e. The highest BCUT2D eigenvalue weighted by atomic mass is 16.3. The molecule has 0 radical (unpaired) electrons. The summed E-state index contributed by atoms with van der Waals surface area (Å²) in [5.74, 6) is 0. The maximum atomic E-state index is 7.01. The van der Waals surface area contributed by atoms with Crippen molar-refractivity contribution in [3.8, 4) is 33.4 Å². The van der Waals surface area contributed by atoms with E-state index < -0.39 is 0 Å². The van der Waals surface area contributed by atoms with E-state index in [1.165, 1.54) is 38.8 Å². The predicted octanol–water partition coefficient (Wildman–Crippen LogP) is 13.8. The second-order valence-electron chi connectivity index (χ2n) is 14.1. The van der Waals surface area contributed by atoms with Gasteiger partial charge in [-0.2, -0.15) is 0 Å². The van der Waals surface area contributed by atoms with Crippen LogP contribution in [0, 0.1) is 0 Å². The molecule has 51 heavy (non-hydrogen) atoms. The van der Waals surface area contributed by atoms with Crippen LogP contribution in [0.4, 0.5) is 17.1 Å². The zero-order valence-corrected chi connectivity index (χ0v) is 28.6. The third-order valence-electron chi connectivity index (χ3n) is 10.9. The van der Waals surface area contributed by atoms with Crippen LogP contribution in [0.3, 0.4) is 0 Å². The largest absolute Gasteiger partial charge is 0.455 e. The molecular formula is C49H35NO. The number of hydrogen-bond donors (Lipinski definition) is 0. The summed E-state index contributed by atoms with van der Waals surface area (Å²) < 4.78 is 7.01. The Bertz CT molecular complexity index is 2760.